The summed E-state index contributed by atoms with van der Waals surface area (Å²) in [6.07, 6.45) is 1.55. The van der Waals surface area contributed by atoms with Crippen molar-refractivity contribution in [3.63, 3.8) is 0 Å². The second kappa shape index (κ2) is 8.69. The first-order chi connectivity index (χ1) is 12.6. The van der Waals surface area contributed by atoms with Crippen LogP contribution in [0.4, 0.5) is 5.95 Å². The molecule has 0 radical (unpaired) electrons. The number of nitrogens with one attached hydrogen (secondary N) is 1. The first kappa shape index (κ1) is 21.2. The van der Waals surface area contributed by atoms with Crippen molar-refractivity contribution >= 4 is 26.2 Å². The van der Waals surface area contributed by atoms with Crippen molar-refractivity contribution in [1.29, 1.82) is 0 Å². The van der Waals surface area contributed by atoms with E-state index < -0.39 is 26.0 Å². The van der Waals surface area contributed by atoms with Gasteiger partial charge >= 0.3 is 0 Å². The molecular weight excluding hydrogens is 396 g/mol. The lowest BCUT2D eigenvalue weighted by atomic mass is 10.1. The Morgan fingerprint density at radius 1 is 1.04 bits per heavy atom. The average Bonchev–Trinajstić information content (AvgIpc) is 2.53. The van der Waals surface area contributed by atoms with Crippen LogP contribution in [0, 0.1) is 0 Å². The van der Waals surface area contributed by atoms with E-state index in [1.165, 1.54) is 18.2 Å². The van der Waals surface area contributed by atoms with E-state index in [2.05, 4.69) is 20.3 Å². The third-order valence-electron chi connectivity index (χ3n) is 3.40. The summed E-state index contributed by atoms with van der Waals surface area (Å²) in [5, 5.41) is 2.72. The van der Waals surface area contributed by atoms with Crippen molar-refractivity contribution in [3.8, 4) is 0 Å². The topological polar surface area (TPSA) is 159 Å². The predicted octanol–water partition coefficient (Wildman–Crippen LogP) is 0.961. The SMILES string of the molecule is CCCc1nc(Cc2cccc(S(=O)(=O)O)c2)nc(NCCS(=O)(=O)O)n1. The maximum Gasteiger partial charge on any atom is 0.294 e. The molecule has 0 atom stereocenters. The van der Waals surface area contributed by atoms with Gasteiger partial charge in [-0.05, 0) is 24.1 Å². The van der Waals surface area contributed by atoms with Crippen LogP contribution in [0.5, 0.6) is 0 Å². The molecule has 0 spiro atoms. The van der Waals surface area contributed by atoms with Crippen LogP contribution >= 0.6 is 0 Å². The Morgan fingerprint density at radius 2 is 1.74 bits per heavy atom. The molecule has 1 heterocycles. The molecule has 2 rings (SSSR count). The summed E-state index contributed by atoms with van der Waals surface area (Å²) < 4.78 is 62.1. The summed E-state index contributed by atoms with van der Waals surface area (Å²) in [6.45, 7) is 1.87. The molecule has 12 heteroatoms. The smallest absolute Gasteiger partial charge is 0.294 e. The van der Waals surface area contributed by atoms with Crippen LogP contribution in [0.2, 0.25) is 0 Å². The van der Waals surface area contributed by atoms with Crippen molar-refractivity contribution in [2.45, 2.75) is 31.1 Å². The normalized spacial score (nSPS) is 12.1. The Hall–Kier alpha value is -2.15. The van der Waals surface area contributed by atoms with Crippen LogP contribution in [0.1, 0.15) is 30.6 Å². The molecule has 0 bridgehead atoms. The Morgan fingerprint density at radius 3 is 2.37 bits per heavy atom. The monoisotopic (exact) mass is 416 g/mol. The molecule has 0 amide bonds. The standard InChI is InChI=1S/C15H20N4O6S2/c1-2-4-13-17-14(19-15(18-13)16-7-8-26(20,21)22)10-11-5-3-6-12(9-11)27(23,24)25/h3,5-6,9H,2,4,7-8,10H2,1H3,(H,20,21,22)(H,23,24,25)(H,16,17,18,19). The van der Waals surface area contributed by atoms with Gasteiger partial charge in [0, 0.05) is 19.4 Å². The maximum absolute atomic E-state index is 11.3. The molecule has 0 fully saturated rings. The Balaban J connectivity index is 2.25. The van der Waals surface area contributed by atoms with E-state index in [0.29, 0.717) is 23.6 Å². The molecule has 27 heavy (non-hydrogen) atoms. The van der Waals surface area contributed by atoms with E-state index in [9.17, 15) is 16.8 Å². The van der Waals surface area contributed by atoms with E-state index in [4.69, 9.17) is 9.11 Å². The summed E-state index contributed by atoms with van der Waals surface area (Å²) >= 11 is 0. The number of aryl methyl sites for hydroxylation is 1. The summed E-state index contributed by atoms with van der Waals surface area (Å²) in [7, 11) is -8.42. The van der Waals surface area contributed by atoms with Crippen molar-refractivity contribution in [1.82, 2.24) is 15.0 Å². The molecule has 0 aliphatic heterocycles. The van der Waals surface area contributed by atoms with Gasteiger partial charge < -0.3 is 5.32 Å². The van der Waals surface area contributed by atoms with Gasteiger partial charge in [-0.3, -0.25) is 9.11 Å². The first-order valence-corrected chi connectivity index (χ1v) is 11.1. The number of benzene rings is 1. The second-order valence-corrected chi connectivity index (χ2v) is 8.75. The van der Waals surface area contributed by atoms with E-state index >= 15 is 0 Å². The van der Waals surface area contributed by atoms with Gasteiger partial charge in [-0.1, -0.05) is 19.1 Å². The van der Waals surface area contributed by atoms with Gasteiger partial charge in [0.25, 0.3) is 20.2 Å². The van der Waals surface area contributed by atoms with Gasteiger partial charge in [0.2, 0.25) is 5.95 Å². The lowest BCUT2D eigenvalue weighted by molar-refractivity contribution is 0.481. The van der Waals surface area contributed by atoms with E-state index in [0.717, 1.165) is 6.42 Å². The molecule has 1 aromatic carbocycles. The number of rotatable bonds is 9. The molecule has 3 N–H and O–H groups in total. The molecule has 0 saturated carbocycles. The molecule has 0 unspecified atom stereocenters. The second-order valence-electron chi connectivity index (χ2n) is 5.75. The quantitative estimate of drug-likeness (QED) is 0.502. The summed E-state index contributed by atoms with van der Waals surface area (Å²) in [5.74, 6) is 0.532. The van der Waals surface area contributed by atoms with Crippen molar-refractivity contribution < 1.29 is 25.9 Å². The number of anilines is 1. The van der Waals surface area contributed by atoms with Crippen molar-refractivity contribution in [2.75, 3.05) is 17.6 Å². The lowest BCUT2D eigenvalue weighted by Crippen LogP contribution is -2.17. The number of aromatic nitrogens is 3. The molecule has 0 aliphatic rings. The molecule has 10 nitrogen and oxygen atoms in total. The Bertz CT molecular complexity index is 1010. The van der Waals surface area contributed by atoms with Crippen LogP contribution in [-0.2, 0) is 33.1 Å². The van der Waals surface area contributed by atoms with Gasteiger partial charge in [0.05, 0.1) is 10.6 Å². The molecule has 0 aliphatic carbocycles. The average molecular weight is 416 g/mol. The predicted molar refractivity (Wildman–Crippen MR) is 97.8 cm³/mol. The van der Waals surface area contributed by atoms with Crippen molar-refractivity contribution in [3.05, 3.63) is 41.5 Å². The summed E-state index contributed by atoms with van der Waals surface area (Å²) in [5.41, 5.74) is 0.572. The Labute approximate surface area is 157 Å². The van der Waals surface area contributed by atoms with Crippen LogP contribution in [-0.4, -0.2) is 53.2 Å². The number of nitrogens with zero attached hydrogens (tertiary/aromatic N) is 3. The van der Waals surface area contributed by atoms with Crippen LogP contribution in [0.25, 0.3) is 0 Å². The van der Waals surface area contributed by atoms with Gasteiger partial charge in [-0.25, -0.2) is 4.98 Å². The highest BCUT2D eigenvalue weighted by molar-refractivity contribution is 7.86. The van der Waals surface area contributed by atoms with Gasteiger partial charge in [0.1, 0.15) is 11.6 Å². The fraction of sp³-hybridized carbons (Fsp3) is 0.400. The minimum Gasteiger partial charge on any atom is -0.353 e. The van der Waals surface area contributed by atoms with E-state index in [1.54, 1.807) is 6.07 Å². The largest absolute Gasteiger partial charge is 0.353 e. The highest BCUT2D eigenvalue weighted by atomic mass is 32.2. The van der Waals surface area contributed by atoms with Gasteiger partial charge in [-0.15, -0.1) is 0 Å². The minimum atomic E-state index is -4.31. The maximum atomic E-state index is 11.3. The zero-order valence-electron chi connectivity index (χ0n) is 14.5. The first-order valence-electron chi connectivity index (χ1n) is 8.06. The Kier molecular flexibility index (Phi) is 6.81. The van der Waals surface area contributed by atoms with Crippen LogP contribution in [0.15, 0.2) is 29.2 Å². The lowest BCUT2D eigenvalue weighted by Gasteiger charge is -2.09. The molecule has 2 aromatic rings. The molecule has 1 aromatic heterocycles. The minimum absolute atomic E-state index is 0.0773. The fourth-order valence-corrected chi connectivity index (χ4v) is 3.16. The molecule has 148 valence electrons. The molecular formula is C15H20N4O6S2. The van der Waals surface area contributed by atoms with Crippen molar-refractivity contribution in [2.24, 2.45) is 0 Å². The van der Waals surface area contributed by atoms with Gasteiger partial charge in [-0.2, -0.15) is 26.8 Å². The highest BCUT2D eigenvalue weighted by Crippen LogP contribution is 2.14. The third-order valence-corrected chi connectivity index (χ3v) is 4.97. The van der Waals surface area contributed by atoms with Crippen LogP contribution in [0.3, 0.4) is 0 Å². The number of hydrogen-bond donors (Lipinski definition) is 3. The molecule has 0 saturated heterocycles. The van der Waals surface area contributed by atoms with E-state index in [1.807, 2.05) is 6.92 Å². The van der Waals surface area contributed by atoms with Gasteiger partial charge in [0.15, 0.2) is 0 Å². The zero-order valence-corrected chi connectivity index (χ0v) is 16.2. The van der Waals surface area contributed by atoms with E-state index in [-0.39, 0.29) is 23.8 Å². The summed E-state index contributed by atoms with van der Waals surface area (Å²) in [4.78, 5) is 12.5. The third kappa shape index (κ3) is 7.17. The van der Waals surface area contributed by atoms with Crippen LogP contribution < -0.4 is 5.32 Å². The number of hydrogen-bond acceptors (Lipinski definition) is 8. The fourth-order valence-electron chi connectivity index (χ4n) is 2.25. The summed E-state index contributed by atoms with van der Waals surface area (Å²) in [6, 6.07) is 5.77. The highest BCUT2D eigenvalue weighted by Gasteiger charge is 2.12. The zero-order chi connectivity index (χ0) is 20.1.